The first-order valence-corrected chi connectivity index (χ1v) is 18.4. The van der Waals surface area contributed by atoms with Gasteiger partial charge < -0.3 is 10.1 Å². The molecule has 0 spiro atoms. The van der Waals surface area contributed by atoms with Gasteiger partial charge in [-0.05, 0) is 72.3 Å². The minimum atomic E-state index is -1.94. The first-order valence-electron chi connectivity index (χ1n) is 16.6. The number of fused-ring (bicyclic) bond motifs is 3. The zero-order valence-corrected chi connectivity index (χ0v) is 27.1. The van der Waals surface area contributed by atoms with Gasteiger partial charge in [0.25, 0.3) is 0 Å². The van der Waals surface area contributed by atoms with Crippen molar-refractivity contribution in [1.29, 1.82) is 0 Å². The normalized spacial score (nSPS) is 45.1. The first kappa shape index (κ1) is 30.6. The van der Waals surface area contributed by atoms with Crippen molar-refractivity contribution in [2.45, 2.75) is 121 Å². The lowest BCUT2D eigenvalue weighted by Crippen LogP contribution is -2.70. The molecular weight excluding hydrogens is 536 g/mol. The van der Waals surface area contributed by atoms with E-state index in [0.29, 0.717) is 42.4 Å². The number of likely N-dealkylation sites (N-methyl/N-ethyl adjacent to an activating group) is 1. The number of likely N-dealkylation sites (tertiary alicyclic amines) is 1. The van der Waals surface area contributed by atoms with Crippen molar-refractivity contribution < 1.29 is 8.95 Å². The third-order valence-corrected chi connectivity index (χ3v) is 13.9. The summed E-state index contributed by atoms with van der Waals surface area (Å²) in [5, 5.41) is 19.4. The van der Waals surface area contributed by atoms with Crippen LogP contribution in [0, 0.1) is 11.3 Å². The van der Waals surface area contributed by atoms with Crippen molar-refractivity contribution in [3.8, 4) is 0 Å². The van der Waals surface area contributed by atoms with Gasteiger partial charge in [-0.1, -0.05) is 6.92 Å². The van der Waals surface area contributed by atoms with Gasteiger partial charge in [-0.15, -0.1) is 0 Å². The number of hydrogen-bond donors (Lipinski definition) is 5. The van der Waals surface area contributed by atoms with E-state index in [-0.39, 0.29) is 17.3 Å². The Kier molecular flexibility index (Phi) is 9.12. The quantitative estimate of drug-likeness (QED) is 0.311. The van der Waals surface area contributed by atoms with E-state index >= 15 is 0 Å². The van der Waals surface area contributed by atoms with E-state index in [0.717, 1.165) is 50.7 Å². The Balaban J connectivity index is 1.10. The monoisotopic (exact) mass is 594 g/mol. The third kappa shape index (κ3) is 6.27. The highest BCUT2D eigenvalue weighted by atomic mass is 32.2. The number of nitrogens with zero attached hydrogens (tertiary/aromatic N) is 3. The van der Waals surface area contributed by atoms with Crippen LogP contribution in [0.1, 0.15) is 72.1 Å². The van der Waals surface area contributed by atoms with Crippen molar-refractivity contribution in [2.24, 2.45) is 15.7 Å². The lowest BCUT2D eigenvalue weighted by molar-refractivity contribution is -0.141. The van der Waals surface area contributed by atoms with Gasteiger partial charge in [0.15, 0.2) is 0 Å². The van der Waals surface area contributed by atoms with Crippen LogP contribution in [0.15, 0.2) is 4.36 Å². The van der Waals surface area contributed by atoms with E-state index in [9.17, 15) is 4.21 Å². The number of rotatable bonds is 6. The third-order valence-electron chi connectivity index (χ3n) is 11.6. The van der Waals surface area contributed by atoms with Gasteiger partial charge in [-0.2, -0.15) is 0 Å². The largest absolute Gasteiger partial charge is 0.375 e. The molecule has 7 atom stereocenters. The molecule has 11 heteroatoms. The SMILES string of the molecule is CN=S1(=O)CCN(C2CCC(NC3NCC4C(N3)N(C3CCCC(CNC)N3)[C@@H]3CC(C)(C)OC[C@]43C)CC2)CC1. The maximum absolute atomic E-state index is 12.6. The van der Waals surface area contributed by atoms with Crippen molar-refractivity contribution in [1.82, 2.24) is 36.4 Å². The molecule has 5 unspecified atom stereocenters. The summed E-state index contributed by atoms with van der Waals surface area (Å²) in [7, 11) is 1.86. The van der Waals surface area contributed by atoms with E-state index in [1.54, 1.807) is 7.05 Å². The van der Waals surface area contributed by atoms with E-state index in [1.165, 1.54) is 44.9 Å². The molecule has 5 saturated heterocycles. The molecular formula is C30H58N8O2S. The second kappa shape index (κ2) is 12.2. The molecule has 0 aromatic carbocycles. The number of piperidine rings is 1. The van der Waals surface area contributed by atoms with Crippen LogP contribution in [-0.2, 0) is 14.5 Å². The van der Waals surface area contributed by atoms with Gasteiger partial charge in [0.1, 0.15) is 6.29 Å². The Morgan fingerprint density at radius 3 is 2.51 bits per heavy atom. The molecule has 41 heavy (non-hydrogen) atoms. The highest BCUT2D eigenvalue weighted by molar-refractivity contribution is 7.93. The van der Waals surface area contributed by atoms with Gasteiger partial charge in [-0.3, -0.25) is 31.1 Å². The predicted octanol–water partition coefficient (Wildman–Crippen LogP) is 1.30. The highest BCUT2D eigenvalue weighted by Gasteiger charge is 2.62. The Labute approximate surface area is 249 Å². The Morgan fingerprint density at radius 1 is 1.05 bits per heavy atom. The van der Waals surface area contributed by atoms with Crippen LogP contribution in [0.3, 0.4) is 0 Å². The summed E-state index contributed by atoms with van der Waals surface area (Å²) in [6, 6.07) is 2.18. The summed E-state index contributed by atoms with van der Waals surface area (Å²) in [6.45, 7) is 11.8. The van der Waals surface area contributed by atoms with Crippen molar-refractivity contribution >= 4 is 9.73 Å². The first-order chi connectivity index (χ1) is 19.6. The summed E-state index contributed by atoms with van der Waals surface area (Å²) in [6.07, 6.45) is 10.5. The van der Waals surface area contributed by atoms with Crippen molar-refractivity contribution in [2.75, 3.05) is 58.4 Å². The van der Waals surface area contributed by atoms with Gasteiger partial charge in [-0.25, -0.2) is 8.57 Å². The molecule has 0 amide bonds. The lowest BCUT2D eigenvalue weighted by atomic mass is 9.69. The molecule has 6 fully saturated rings. The van der Waals surface area contributed by atoms with Crippen LogP contribution in [-0.4, -0.2) is 121 Å². The predicted molar refractivity (Wildman–Crippen MR) is 166 cm³/mol. The average molecular weight is 595 g/mol. The lowest BCUT2D eigenvalue weighted by Gasteiger charge is -2.49. The van der Waals surface area contributed by atoms with E-state index in [4.69, 9.17) is 4.74 Å². The number of hydrogen-bond acceptors (Lipinski definition) is 10. The number of ether oxygens (including phenoxy) is 1. The van der Waals surface area contributed by atoms with Crippen LogP contribution in [0.2, 0.25) is 0 Å². The Hall–Kier alpha value is -0.370. The highest BCUT2D eigenvalue weighted by Crippen LogP contribution is 2.53. The average Bonchev–Trinajstić information content (AvgIpc) is 3.21. The molecule has 6 aliphatic rings. The molecule has 1 saturated carbocycles. The molecule has 5 heterocycles. The standard InChI is InChI=1S/C30H58N8O2S/c1-29(2)17-25-30(3,20-40-29)24-19-33-28(36-27(24)38(25)26-8-6-7-22(34-26)18-31-4)35-21-9-11-23(12-10-21)37-13-15-41(39,32-5)16-14-37/h21-28,31,33-36H,6-20H2,1-5H3/t21?,22?,23?,24?,25-,26?,27?,28?,30-/m1/s1. The molecule has 5 N–H and O–H groups in total. The van der Waals surface area contributed by atoms with E-state index < -0.39 is 9.73 Å². The zero-order valence-electron chi connectivity index (χ0n) is 26.3. The fourth-order valence-electron chi connectivity index (χ4n) is 9.07. The molecule has 0 aromatic rings. The van der Waals surface area contributed by atoms with Crippen molar-refractivity contribution in [3.05, 3.63) is 0 Å². The minimum Gasteiger partial charge on any atom is -0.375 e. The maximum atomic E-state index is 12.6. The molecule has 5 aliphatic heterocycles. The second-order valence-electron chi connectivity index (χ2n) is 14.7. The van der Waals surface area contributed by atoms with Crippen molar-refractivity contribution in [3.63, 3.8) is 0 Å². The van der Waals surface area contributed by atoms with Gasteiger partial charge in [0.2, 0.25) is 0 Å². The van der Waals surface area contributed by atoms with Crippen LogP contribution in [0.4, 0.5) is 0 Å². The van der Waals surface area contributed by atoms with Gasteiger partial charge in [0, 0.05) is 90.0 Å². The smallest absolute Gasteiger partial charge is 0.113 e. The minimum absolute atomic E-state index is 0.0884. The summed E-state index contributed by atoms with van der Waals surface area (Å²) in [5.74, 6) is 1.99. The summed E-state index contributed by atoms with van der Waals surface area (Å²) in [5.41, 5.74) is 0.0403. The topological polar surface area (TPSA) is 105 Å². The molecule has 1 aliphatic carbocycles. The molecule has 0 radical (unpaired) electrons. The van der Waals surface area contributed by atoms with E-state index in [1.807, 2.05) is 0 Å². The van der Waals surface area contributed by atoms with Crippen LogP contribution in [0.25, 0.3) is 0 Å². The van der Waals surface area contributed by atoms with Gasteiger partial charge in [0.05, 0.1) is 24.5 Å². The summed E-state index contributed by atoms with van der Waals surface area (Å²) >= 11 is 0. The fourth-order valence-corrected chi connectivity index (χ4v) is 10.7. The fraction of sp³-hybridized carbons (Fsp3) is 1.00. The maximum Gasteiger partial charge on any atom is 0.113 e. The van der Waals surface area contributed by atoms with Gasteiger partial charge >= 0.3 is 0 Å². The summed E-state index contributed by atoms with van der Waals surface area (Å²) in [4.78, 5) is 5.45. The van der Waals surface area contributed by atoms with Crippen LogP contribution >= 0.6 is 0 Å². The molecule has 0 aromatic heterocycles. The van der Waals surface area contributed by atoms with Crippen LogP contribution in [0.5, 0.6) is 0 Å². The molecule has 0 bridgehead atoms. The van der Waals surface area contributed by atoms with E-state index in [2.05, 4.69) is 68.6 Å². The number of nitrogens with one attached hydrogen (secondary N) is 5. The Bertz CT molecular complexity index is 1010. The molecule has 236 valence electrons. The zero-order chi connectivity index (χ0) is 28.8. The molecule has 6 rings (SSSR count). The second-order valence-corrected chi connectivity index (χ2v) is 17.4. The van der Waals surface area contributed by atoms with Crippen LogP contribution < -0.4 is 26.6 Å². The Morgan fingerprint density at radius 2 is 1.80 bits per heavy atom. The molecule has 10 nitrogen and oxygen atoms in total. The summed E-state index contributed by atoms with van der Waals surface area (Å²) < 4.78 is 23.3.